The third-order valence-electron chi connectivity index (χ3n) is 1.77. The highest BCUT2D eigenvalue weighted by molar-refractivity contribution is 5.77. The van der Waals surface area contributed by atoms with Crippen LogP contribution in [-0.4, -0.2) is 25.2 Å². The van der Waals surface area contributed by atoms with E-state index in [-0.39, 0.29) is 17.4 Å². The van der Waals surface area contributed by atoms with Crippen LogP contribution in [-0.2, 0) is 9.53 Å². The standard InChI is InChI=1S/C9H19NO2/c1-7(2)8(11)10-6-9(3,4)12-5/h7H,6H2,1-5H3,(H,10,11). The van der Waals surface area contributed by atoms with Gasteiger partial charge in [0.2, 0.25) is 5.91 Å². The van der Waals surface area contributed by atoms with Crippen molar-refractivity contribution in [2.75, 3.05) is 13.7 Å². The Hall–Kier alpha value is -0.570. The van der Waals surface area contributed by atoms with E-state index in [4.69, 9.17) is 4.74 Å². The molecule has 0 radical (unpaired) electrons. The predicted molar refractivity (Wildman–Crippen MR) is 48.9 cm³/mol. The van der Waals surface area contributed by atoms with Crippen LogP contribution in [0.4, 0.5) is 0 Å². The van der Waals surface area contributed by atoms with Gasteiger partial charge in [0.1, 0.15) is 0 Å². The second-order valence-corrected chi connectivity index (χ2v) is 3.84. The number of rotatable bonds is 4. The van der Waals surface area contributed by atoms with Crippen molar-refractivity contribution in [3.8, 4) is 0 Å². The minimum absolute atomic E-state index is 0.0395. The van der Waals surface area contributed by atoms with Crippen LogP contribution in [0.3, 0.4) is 0 Å². The number of hydrogen-bond donors (Lipinski definition) is 1. The summed E-state index contributed by atoms with van der Waals surface area (Å²) in [6.07, 6.45) is 0. The van der Waals surface area contributed by atoms with E-state index in [0.29, 0.717) is 6.54 Å². The fraction of sp³-hybridized carbons (Fsp3) is 0.889. The lowest BCUT2D eigenvalue weighted by Crippen LogP contribution is -2.41. The third kappa shape index (κ3) is 4.34. The van der Waals surface area contributed by atoms with Crippen LogP contribution in [0.15, 0.2) is 0 Å². The first-order valence-corrected chi connectivity index (χ1v) is 4.22. The van der Waals surface area contributed by atoms with Crippen molar-refractivity contribution in [1.29, 1.82) is 0 Å². The molecule has 0 aromatic carbocycles. The maximum Gasteiger partial charge on any atom is 0.222 e. The summed E-state index contributed by atoms with van der Waals surface area (Å²) in [5.41, 5.74) is -0.273. The fourth-order valence-corrected chi connectivity index (χ4v) is 0.576. The van der Waals surface area contributed by atoms with E-state index in [0.717, 1.165) is 0 Å². The van der Waals surface area contributed by atoms with Crippen LogP contribution >= 0.6 is 0 Å². The smallest absolute Gasteiger partial charge is 0.222 e. The molecule has 0 saturated carbocycles. The van der Waals surface area contributed by atoms with E-state index in [1.165, 1.54) is 0 Å². The van der Waals surface area contributed by atoms with Crippen molar-refractivity contribution in [2.24, 2.45) is 5.92 Å². The van der Waals surface area contributed by atoms with E-state index in [2.05, 4.69) is 5.32 Å². The minimum Gasteiger partial charge on any atom is -0.377 e. The highest BCUT2D eigenvalue weighted by Crippen LogP contribution is 2.05. The maximum absolute atomic E-state index is 11.1. The molecule has 12 heavy (non-hydrogen) atoms. The summed E-state index contributed by atoms with van der Waals surface area (Å²) in [6, 6.07) is 0. The van der Waals surface area contributed by atoms with Crippen molar-refractivity contribution in [1.82, 2.24) is 5.32 Å². The number of ether oxygens (including phenoxy) is 1. The van der Waals surface area contributed by atoms with E-state index in [9.17, 15) is 4.79 Å². The van der Waals surface area contributed by atoms with Crippen LogP contribution in [0.2, 0.25) is 0 Å². The number of carbonyl (C=O) groups excluding carboxylic acids is 1. The molecule has 0 saturated heterocycles. The molecule has 3 nitrogen and oxygen atoms in total. The van der Waals surface area contributed by atoms with Gasteiger partial charge in [-0.2, -0.15) is 0 Å². The van der Waals surface area contributed by atoms with Gasteiger partial charge in [-0.15, -0.1) is 0 Å². The van der Waals surface area contributed by atoms with Gasteiger partial charge in [-0.05, 0) is 13.8 Å². The summed E-state index contributed by atoms with van der Waals surface area (Å²) < 4.78 is 5.15. The summed E-state index contributed by atoms with van der Waals surface area (Å²) in [7, 11) is 1.64. The number of amides is 1. The minimum atomic E-state index is -0.273. The number of nitrogens with one attached hydrogen (secondary N) is 1. The van der Waals surface area contributed by atoms with Gasteiger partial charge < -0.3 is 10.1 Å². The van der Waals surface area contributed by atoms with Gasteiger partial charge in [0.25, 0.3) is 0 Å². The lowest BCUT2D eigenvalue weighted by Gasteiger charge is -2.23. The summed E-state index contributed by atoms with van der Waals surface area (Å²) in [5, 5.41) is 2.81. The van der Waals surface area contributed by atoms with Gasteiger partial charge in [-0.1, -0.05) is 13.8 Å². The lowest BCUT2D eigenvalue weighted by molar-refractivity contribution is -0.125. The first-order valence-electron chi connectivity index (χ1n) is 4.22. The zero-order chi connectivity index (χ0) is 9.78. The highest BCUT2D eigenvalue weighted by Gasteiger charge is 2.17. The molecule has 1 N–H and O–H groups in total. The van der Waals surface area contributed by atoms with Crippen LogP contribution in [0.1, 0.15) is 27.7 Å². The average molecular weight is 173 g/mol. The van der Waals surface area contributed by atoms with Crippen molar-refractivity contribution in [3.63, 3.8) is 0 Å². The molecule has 0 aliphatic rings. The quantitative estimate of drug-likeness (QED) is 0.693. The molecule has 0 atom stereocenters. The molecule has 72 valence electrons. The molecule has 0 fully saturated rings. The van der Waals surface area contributed by atoms with Crippen LogP contribution in [0.5, 0.6) is 0 Å². The largest absolute Gasteiger partial charge is 0.377 e. The molecule has 1 amide bonds. The number of carbonyl (C=O) groups is 1. The van der Waals surface area contributed by atoms with Crippen LogP contribution in [0, 0.1) is 5.92 Å². The summed E-state index contributed by atoms with van der Waals surface area (Å²) in [6.45, 7) is 8.17. The summed E-state index contributed by atoms with van der Waals surface area (Å²) in [4.78, 5) is 11.1. The van der Waals surface area contributed by atoms with E-state index < -0.39 is 0 Å². The first kappa shape index (κ1) is 11.4. The Morgan fingerprint density at radius 2 is 2.00 bits per heavy atom. The predicted octanol–water partition coefficient (Wildman–Crippen LogP) is 1.18. The monoisotopic (exact) mass is 173 g/mol. The number of methoxy groups -OCH3 is 1. The van der Waals surface area contributed by atoms with Crippen molar-refractivity contribution in [2.45, 2.75) is 33.3 Å². The van der Waals surface area contributed by atoms with Gasteiger partial charge in [0.15, 0.2) is 0 Å². The first-order chi connectivity index (χ1) is 5.39. The van der Waals surface area contributed by atoms with Crippen LogP contribution < -0.4 is 5.32 Å². The van der Waals surface area contributed by atoms with Gasteiger partial charge in [-0.3, -0.25) is 4.79 Å². The topological polar surface area (TPSA) is 38.3 Å². The zero-order valence-corrected chi connectivity index (χ0v) is 8.60. The number of hydrogen-bond acceptors (Lipinski definition) is 2. The summed E-state index contributed by atoms with van der Waals surface area (Å²) >= 11 is 0. The fourth-order valence-electron chi connectivity index (χ4n) is 0.576. The van der Waals surface area contributed by atoms with Gasteiger partial charge in [0.05, 0.1) is 5.60 Å². The molecule has 3 heteroatoms. The average Bonchev–Trinajstić information content (AvgIpc) is 2.00. The highest BCUT2D eigenvalue weighted by atomic mass is 16.5. The van der Waals surface area contributed by atoms with Crippen molar-refractivity contribution < 1.29 is 9.53 Å². The van der Waals surface area contributed by atoms with Gasteiger partial charge >= 0.3 is 0 Å². The molecule has 0 aromatic heterocycles. The summed E-state index contributed by atoms with van der Waals surface area (Å²) in [5.74, 6) is 0.109. The molecule has 0 rings (SSSR count). The van der Waals surface area contributed by atoms with Gasteiger partial charge in [-0.25, -0.2) is 0 Å². The Balaban J connectivity index is 3.76. The molecule has 0 aliphatic heterocycles. The Morgan fingerprint density at radius 3 is 2.33 bits per heavy atom. The Kier molecular flexibility index (Phi) is 4.24. The molecular weight excluding hydrogens is 154 g/mol. The maximum atomic E-state index is 11.1. The Labute approximate surface area is 74.5 Å². The molecule has 0 heterocycles. The Morgan fingerprint density at radius 1 is 1.50 bits per heavy atom. The molecule has 0 unspecified atom stereocenters. The lowest BCUT2D eigenvalue weighted by atomic mass is 10.1. The second kappa shape index (κ2) is 4.45. The molecule has 0 aromatic rings. The van der Waals surface area contributed by atoms with Gasteiger partial charge in [0, 0.05) is 19.6 Å². The van der Waals surface area contributed by atoms with Crippen molar-refractivity contribution >= 4 is 5.91 Å². The Bertz CT molecular complexity index is 153. The molecule has 0 aliphatic carbocycles. The van der Waals surface area contributed by atoms with Crippen molar-refractivity contribution in [3.05, 3.63) is 0 Å². The molecular formula is C9H19NO2. The zero-order valence-electron chi connectivity index (χ0n) is 8.60. The second-order valence-electron chi connectivity index (χ2n) is 3.84. The van der Waals surface area contributed by atoms with E-state index in [1.54, 1.807) is 7.11 Å². The normalized spacial score (nSPS) is 11.8. The SMILES string of the molecule is COC(C)(C)CNC(=O)C(C)C. The molecule has 0 bridgehead atoms. The molecule has 0 spiro atoms. The van der Waals surface area contributed by atoms with Crippen LogP contribution in [0.25, 0.3) is 0 Å². The van der Waals surface area contributed by atoms with E-state index in [1.807, 2.05) is 27.7 Å². The third-order valence-corrected chi connectivity index (χ3v) is 1.77. The van der Waals surface area contributed by atoms with E-state index >= 15 is 0 Å².